The van der Waals surface area contributed by atoms with E-state index in [2.05, 4.69) is 9.97 Å². The van der Waals surface area contributed by atoms with Gasteiger partial charge in [0.15, 0.2) is 5.78 Å². The van der Waals surface area contributed by atoms with Gasteiger partial charge in [0.1, 0.15) is 23.2 Å². The van der Waals surface area contributed by atoms with E-state index in [1.165, 1.54) is 42.1 Å². The number of nitrogens with zero attached hydrogens (tertiary/aromatic N) is 1. The molecule has 0 aliphatic carbocycles. The van der Waals surface area contributed by atoms with Crippen LogP contribution in [-0.4, -0.2) is 15.8 Å². The van der Waals surface area contributed by atoms with E-state index < -0.39 is 11.1 Å². The van der Waals surface area contributed by atoms with Gasteiger partial charge in [-0.3, -0.25) is 14.4 Å². The van der Waals surface area contributed by atoms with E-state index in [-0.39, 0.29) is 16.9 Å². The second kappa shape index (κ2) is 11.2. The monoisotopic (exact) mass is 553 g/mol. The standard InChI is InChI=1S/C15H11NO3S.C14H8N2O2S/c1-9(17)14-10(12-4-2-6-19-12)8-11(16-15(14)18)13-5-3-7-20-13;15-8-10-9(12-3-1-5-18-12)7-11(16-14(10)17)13-4-2-6-19-13/h2-8H,1H3,(H,16,18);1-7H,(H,16,17). The number of furan rings is 2. The number of hydrogen-bond acceptors (Lipinski definition) is 8. The summed E-state index contributed by atoms with van der Waals surface area (Å²) in [6.07, 6.45) is 3.04. The van der Waals surface area contributed by atoms with Gasteiger partial charge in [0.2, 0.25) is 0 Å². The van der Waals surface area contributed by atoms with Crippen LogP contribution in [-0.2, 0) is 0 Å². The summed E-state index contributed by atoms with van der Waals surface area (Å²) in [5.41, 5.74) is 1.80. The molecule has 6 aromatic heterocycles. The average Bonchev–Trinajstić information content (AvgIpc) is 3.76. The smallest absolute Gasteiger partial charge is 0.267 e. The number of nitriles is 1. The number of aromatic amines is 2. The fourth-order valence-electron chi connectivity index (χ4n) is 3.96. The fourth-order valence-corrected chi connectivity index (χ4v) is 5.36. The lowest BCUT2D eigenvalue weighted by Gasteiger charge is -2.06. The van der Waals surface area contributed by atoms with Crippen LogP contribution in [0.3, 0.4) is 0 Å². The molecule has 6 aromatic rings. The number of carbonyl (C=O) groups excluding carboxylic acids is 1. The van der Waals surface area contributed by atoms with Crippen molar-refractivity contribution in [2.24, 2.45) is 0 Å². The summed E-state index contributed by atoms with van der Waals surface area (Å²) in [5, 5.41) is 13.0. The van der Waals surface area contributed by atoms with E-state index in [0.29, 0.717) is 34.0 Å². The molecule has 10 heteroatoms. The molecule has 0 radical (unpaired) electrons. The number of thiophene rings is 2. The fraction of sp³-hybridized carbons (Fsp3) is 0.0345. The number of ketones is 1. The zero-order valence-corrected chi connectivity index (χ0v) is 22.0. The van der Waals surface area contributed by atoms with Gasteiger partial charge in [-0.25, -0.2) is 0 Å². The Balaban J connectivity index is 0.000000158. The topological polar surface area (TPSA) is 133 Å². The highest BCUT2D eigenvalue weighted by atomic mass is 32.1. The molecule has 0 bridgehead atoms. The van der Waals surface area contributed by atoms with Crippen molar-refractivity contribution in [3.63, 3.8) is 0 Å². The van der Waals surface area contributed by atoms with Crippen LogP contribution >= 0.6 is 22.7 Å². The first-order valence-electron chi connectivity index (χ1n) is 11.6. The highest BCUT2D eigenvalue weighted by molar-refractivity contribution is 7.13. The number of H-pyrrole nitrogens is 2. The first-order valence-corrected chi connectivity index (χ1v) is 13.3. The molecule has 6 heterocycles. The molecule has 0 saturated carbocycles. The maximum Gasteiger partial charge on any atom is 0.267 e. The second-order valence-corrected chi connectivity index (χ2v) is 10.1. The Labute approximate surface area is 229 Å². The van der Waals surface area contributed by atoms with E-state index in [4.69, 9.17) is 14.1 Å². The summed E-state index contributed by atoms with van der Waals surface area (Å²) in [4.78, 5) is 43.2. The lowest BCUT2D eigenvalue weighted by Crippen LogP contribution is -2.18. The maximum absolute atomic E-state index is 12.2. The second-order valence-electron chi connectivity index (χ2n) is 8.18. The van der Waals surface area contributed by atoms with Gasteiger partial charge in [-0.1, -0.05) is 12.1 Å². The van der Waals surface area contributed by atoms with Crippen molar-refractivity contribution in [3.8, 4) is 49.9 Å². The number of pyridine rings is 2. The number of hydrogen-bond donors (Lipinski definition) is 2. The van der Waals surface area contributed by atoms with Crippen LogP contribution in [0.25, 0.3) is 43.8 Å². The van der Waals surface area contributed by atoms with Crippen molar-refractivity contribution in [1.29, 1.82) is 5.26 Å². The molecule has 0 aliphatic rings. The SMILES string of the molecule is CC(=O)c1c(-c2ccco2)cc(-c2cccs2)[nH]c1=O.N#Cc1c(-c2ccco2)cc(-c2cccs2)[nH]c1=O. The normalized spacial score (nSPS) is 10.5. The molecule has 192 valence electrons. The van der Waals surface area contributed by atoms with Crippen LogP contribution in [0.4, 0.5) is 0 Å². The Morgan fingerprint density at radius 3 is 1.79 bits per heavy atom. The van der Waals surface area contributed by atoms with Crippen molar-refractivity contribution >= 4 is 28.5 Å². The molecule has 39 heavy (non-hydrogen) atoms. The molecule has 2 N–H and O–H groups in total. The summed E-state index contributed by atoms with van der Waals surface area (Å²) in [6.45, 7) is 1.38. The minimum atomic E-state index is -0.403. The lowest BCUT2D eigenvalue weighted by molar-refractivity contribution is 0.101. The van der Waals surface area contributed by atoms with Crippen molar-refractivity contribution in [2.75, 3.05) is 0 Å². The van der Waals surface area contributed by atoms with Gasteiger partial charge in [0.25, 0.3) is 11.1 Å². The number of Topliss-reactive ketones (excluding diaryl/α,β-unsaturated/α-hetero) is 1. The lowest BCUT2D eigenvalue weighted by atomic mass is 10.0. The molecule has 0 atom stereocenters. The van der Waals surface area contributed by atoms with E-state index in [9.17, 15) is 14.4 Å². The first kappa shape index (κ1) is 25.7. The third-order valence-corrected chi connectivity index (χ3v) is 7.48. The number of aromatic nitrogens is 2. The van der Waals surface area contributed by atoms with Crippen molar-refractivity contribution in [1.82, 2.24) is 9.97 Å². The Bertz CT molecular complexity index is 1870. The van der Waals surface area contributed by atoms with E-state index in [1.807, 2.05) is 41.1 Å². The van der Waals surface area contributed by atoms with Crippen LogP contribution in [0, 0.1) is 11.3 Å². The van der Waals surface area contributed by atoms with Gasteiger partial charge in [-0.05, 0) is 66.2 Å². The highest BCUT2D eigenvalue weighted by Crippen LogP contribution is 2.30. The van der Waals surface area contributed by atoms with E-state index >= 15 is 0 Å². The van der Waals surface area contributed by atoms with Gasteiger partial charge in [-0.2, -0.15) is 5.26 Å². The molecule has 0 aromatic carbocycles. The molecule has 0 unspecified atom stereocenters. The predicted molar refractivity (Wildman–Crippen MR) is 151 cm³/mol. The molecular formula is C29H19N3O5S2. The van der Waals surface area contributed by atoms with Crippen LogP contribution in [0.2, 0.25) is 0 Å². The minimum Gasteiger partial charge on any atom is -0.464 e. The molecule has 0 saturated heterocycles. The Morgan fingerprint density at radius 1 is 0.795 bits per heavy atom. The Morgan fingerprint density at radius 2 is 1.33 bits per heavy atom. The molecule has 0 fully saturated rings. The summed E-state index contributed by atoms with van der Waals surface area (Å²) in [6, 6.07) is 20.0. The van der Waals surface area contributed by atoms with Crippen LogP contribution in [0.5, 0.6) is 0 Å². The molecule has 0 aliphatic heterocycles. The van der Waals surface area contributed by atoms with Gasteiger partial charge >= 0.3 is 0 Å². The van der Waals surface area contributed by atoms with E-state index in [1.54, 1.807) is 36.4 Å². The van der Waals surface area contributed by atoms with Crippen LogP contribution in [0.15, 0.2) is 102 Å². The quantitative estimate of drug-likeness (QED) is 0.226. The van der Waals surface area contributed by atoms with E-state index in [0.717, 1.165) is 9.75 Å². The summed E-state index contributed by atoms with van der Waals surface area (Å²) < 4.78 is 10.6. The number of carbonyl (C=O) groups is 1. The third-order valence-electron chi connectivity index (χ3n) is 5.68. The average molecular weight is 554 g/mol. The van der Waals surface area contributed by atoms with Crippen molar-refractivity contribution in [2.45, 2.75) is 6.92 Å². The Hall–Kier alpha value is -4.98. The molecule has 6 rings (SSSR count). The largest absolute Gasteiger partial charge is 0.464 e. The first-order chi connectivity index (χ1) is 19.0. The number of rotatable bonds is 5. The molecule has 0 spiro atoms. The van der Waals surface area contributed by atoms with Crippen molar-refractivity contribution in [3.05, 3.63) is 116 Å². The third kappa shape index (κ3) is 5.36. The highest BCUT2D eigenvalue weighted by Gasteiger charge is 2.18. The van der Waals surface area contributed by atoms with Crippen molar-refractivity contribution < 1.29 is 13.6 Å². The molecule has 0 amide bonds. The van der Waals surface area contributed by atoms with Crippen LogP contribution < -0.4 is 11.1 Å². The van der Waals surface area contributed by atoms with Crippen LogP contribution in [0.1, 0.15) is 22.8 Å². The molecular weight excluding hydrogens is 534 g/mol. The van der Waals surface area contributed by atoms with Gasteiger partial charge in [0.05, 0.1) is 39.2 Å². The molecule has 8 nitrogen and oxygen atoms in total. The Kier molecular flexibility index (Phi) is 7.36. The summed E-state index contributed by atoms with van der Waals surface area (Å²) in [5.74, 6) is 0.745. The minimum absolute atomic E-state index is 0.0651. The zero-order chi connectivity index (χ0) is 27.4. The van der Waals surface area contributed by atoms with Gasteiger partial charge < -0.3 is 18.8 Å². The predicted octanol–water partition coefficient (Wildman–Crippen LogP) is 6.80. The summed E-state index contributed by atoms with van der Waals surface area (Å²) in [7, 11) is 0. The number of nitrogens with one attached hydrogen (secondary N) is 2. The summed E-state index contributed by atoms with van der Waals surface area (Å²) >= 11 is 3.04. The van der Waals surface area contributed by atoms with Gasteiger partial charge in [0, 0.05) is 11.1 Å². The van der Waals surface area contributed by atoms with Gasteiger partial charge in [-0.15, -0.1) is 22.7 Å². The maximum atomic E-state index is 12.2. The zero-order valence-electron chi connectivity index (χ0n) is 20.4.